The van der Waals surface area contributed by atoms with Crippen LogP contribution in [0.15, 0.2) is 14.3 Å². The molecule has 0 aliphatic carbocycles. The smallest absolute Gasteiger partial charge is 0.0850 e. The minimum absolute atomic E-state index is 0.0770. The van der Waals surface area contributed by atoms with Gasteiger partial charge in [0.1, 0.15) is 0 Å². The van der Waals surface area contributed by atoms with Gasteiger partial charge in [0.25, 0.3) is 0 Å². The molecule has 20 heavy (non-hydrogen) atoms. The quantitative estimate of drug-likeness (QED) is 0.714. The molecule has 1 atom stereocenters. The number of nitrogens with zero attached hydrogens (tertiary/aromatic N) is 2. The van der Waals surface area contributed by atoms with Crippen molar-refractivity contribution in [2.75, 3.05) is 0 Å². The lowest BCUT2D eigenvalue weighted by molar-refractivity contribution is 0.588. The van der Waals surface area contributed by atoms with E-state index in [4.69, 9.17) is 17.3 Å². The minimum Gasteiger partial charge on any atom is -0.323 e. The van der Waals surface area contributed by atoms with Crippen LogP contribution in [0.3, 0.4) is 0 Å². The maximum Gasteiger partial charge on any atom is 0.0850 e. The third-order valence-corrected chi connectivity index (χ3v) is 6.96. The maximum atomic E-state index is 6.42. The van der Waals surface area contributed by atoms with Crippen LogP contribution in [-0.2, 0) is 19.4 Å². The van der Waals surface area contributed by atoms with Crippen molar-refractivity contribution in [3.05, 3.63) is 35.6 Å². The second-order valence-electron chi connectivity index (χ2n) is 4.46. The SMILES string of the molecule is CCc1nn(CC)c(CC(N)c2cc(Br)c(Br)s2)c1Cl. The van der Waals surface area contributed by atoms with E-state index in [0.717, 1.165) is 42.5 Å². The summed E-state index contributed by atoms with van der Waals surface area (Å²) in [6, 6.07) is 1.98. The molecule has 110 valence electrons. The molecule has 2 N–H and O–H groups in total. The predicted molar refractivity (Wildman–Crippen MR) is 92.6 cm³/mol. The number of hydrogen-bond acceptors (Lipinski definition) is 3. The van der Waals surface area contributed by atoms with E-state index < -0.39 is 0 Å². The summed E-state index contributed by atoms with van der Waals surface area (Å²) in [5, 5.41) is 5.29. The number of aromatic nitrogens is 2. The van der Waals surface area contributed by atoms with Crippen LogP contribution < -0.4 is 5.73 Å². The second-order valence-corrected chi connectivity index (χ2v) is 8.09. The summed E-state index contributed by atoms with van der Waals surface area (Å²) in [5.74, 6) is 0. The van der Waals surface area contributed by atoms with E-state index in [1.54, 1.807) is 11.3 Å². The van der Waals surface area contributed by atoms with Crippen LogP contribution >= 0.6 is 54.8 Å². The van der Waals surface area contributed by atoms with Crippen LogP contribution in [0, 0.1) is 0 Å². The third kappa shape index (κ3) is 3.30. The molecule has 0 spiro atoms. The number of hydrogen-bond donors (Lipinski definition) is 1. The van der Waals surface area contributed by atoms with Crippen LogP contribution in [0.4, 0.5) is 0 Å². The van der Waals surface area contributed by atoms with Gasteiger partial charge in [-0.2, -0.15) is 5.10 Å². The molecule has 0 saturated carbocycles. The van der Waals surface area contributed by atoms with Crippen molar-refractivity contribution in [3.8, 4) is 0 Å². The maximum absolute atomic E-state index is 6.42. The summed E-state index contributed by atoms with van der Waals surface area (Å²) < 4.78 is 4.06. The van der Waals surface area contributed by atoms with Crippen LogP contribution in [0.25, 0.3) is 0 Å². The Labute approximate surface area is 144 Å². The Bertz CT molecular complexity index is 590. The number of nitrogens with two attached hydrogens (primary N) is 1. The summed E-state index contributed by atoms with van der Waals surface area (Å²) in [5.41, 5.74) is 8.30. The zero-order valence-electron chi connectivity index (χ0n) is 11.3. The van der Waals surface area contributed by atoms with Crippen molar-refractivity contribution in [3.63, 3.8) is 0 Å². The lowest BCUT2D eigenvalue weighted by atomic mass is 10.1. The lowest BCUT2D eigenvalue weighted by Crippen LogP contribution is -2.15. The van der Waals surface area contributed by atoms with Crippen molar-refractivity contribution in [2.24, 2.45) is 5.73 Å². The summed E-state index contributed by atoms with van der Waals surface area (Å²) in [4.78, 5) is 1.13. The average Bonchev–Trinajstić information content (AvgIpc) is 2.92. The first-order valence-corrected chi connectivity index (χ1v) is 9.20. The minimum atomic E-state index is -0.0770. The van der Waals surface area contributed by atoms with Gasteiger partial charge >= 0.3 is 0 Å². The zero-order valence-corrected chi connectivity index (χ0v) is 16.0. The number of rotatable bonds is 5. The molecule has 0 fully saturated rings. The van der Waals surface area contributed by atoms with Gasteiger partial charge in [-0.3, -0.25) is 4.68 Å². The first-order valence-electron chi connectivity index (χ1n) is 6.42. The number of thiophene rings is 1. The molecule has 7 heteroatoms. The molecule has 2 heterocycles. The van der Waals surface area contributed by atoms with E-state index in [1.807, 2.05) is 4.68 Å². The summed E-state index contributed by atoms with van der Waals surface area (Å²) in [7, 11) is 0. The molecule has 1 unspecified atom stereocenters. The highest BCUT2D eigenvalue weighted by Gasteiger charge is 2.19. The molecule has 0 aliphatic rings. The van der Waals surface area contributed by atoms with E-state index in [1.165, 1.54) is 0 Å². The fraction of sp³-hybridized carbons (Fsp3) is 0.462. The molecule has 0 radical (unpaired) electrons. The Morgan fingerprint density at radius 2 is 2.15 bits per heavy atom. The Balaban J connectivity index is 2.27. The standard InChI is InChI=1S/C13H16Br2ClN3S/c1-3-9-12(16)10(19(4-2)18-9)6-8(17)11-5-7(14)13(15)20-11/h5,8H,3-4,6,17H2,1-2H3. The zero-order chi connectivity index (χ0) is 14.9. The lowest BCUT2D eigenvalue weighted by Gasteiger charge is -2.11. The second kappa shape index (κ2) is 6.92. The Morgan fingerprint density at radius 3 is 2.65 bits per heavy atom. The van der Waals surface area contributed by atoms with E-state index in [9.17, 15) is 0 Å². The average molecular weight is 442 g/mol. The molecule has 0 aliphatic heterocycles. The van der Waals surface area contributed by atoms with E-state index in [2.05, 4.69) is 56.9 Å². The van der Waals surface area contributed by atoms with Crippen molar-refractivity contribution in [1.82, 2.24) is 9.78 Å². The highest BCUT2D eigenvalue weighted by Crippen LogP contribution is 2.36. The van der Waals surface area contributed by atoms with Crippen molar-refractivity contribution in [1.29, 1.82) is 0 Å². The van der Waals surface area contributed by atoms with Gasteiger partial charge < -0.3 is 5.73 Å². The topological polar surface area (TPSA) is 43.8 Å². The Kier molecular flexibility index (Phi) is 5.71. The van der Waals surface area contributed by atoms with Crippen LogP contribution in [0.1, 0.15) is 36.2 Å². The highest BCUT2D eigenvalue weighted by atomic mass is 79.9. The monoisotopic (exact) mass is 439 g/mol. The van der Waals surface area contributed by atoms with Gasteiger partial charge in [-0.05, 0) is 51.3 Å². The molecule has 0 aromatic carbocycles. The highest BCUT2D eigenvalue weighted by molar-refractivity contribution is 9.13. The molecular formula is C13H16Br2ClN3S. The molecule has 2 rings (SSSR count). The van der Waals surface area contributed by atoms with Gasteiger partial charge in [-0.15, -0.1) is 11.3 Å². The van der Waals surface area contributed by atoms with Gasteiger partial charge in [0, 0.05) is 28.4 Å². The molecule has 2 aromatic heterocycles. The Hall–Kier alpha value is 0.120. The summed E-state index contributed by atoms with van der Waals surface area (Å²) in [6.07, 6.45) is 1.53. The number of halogens is 3. The van der Waals surface area contributed by atoms with E-state index in [-0.39, 0.29) is 6.04 Å². The first kappa shape index (κ1) is 16.5. The van der Waals surface area contributed by atoms with Gasteiger partial charge in [-0.1, -0.05) is 18.5 Å². The van der Waals surface area contributed by atoms with Gasteiger partial charge in [-0.25, -0.2) is 0 Å². The Morgan fingerprint density at radius 1 is 1.45 bits per heavy atom. The first-order chi connectivity index (χ1) is 9.47. The van der Waals surface area contributed by atoms with E-state index >= 15 is 0 Å². The van der Waals surface area contributed by atoms with E-state index in [0.29, 0.717) is 6.42 Å². The third-order valence-electron chi connectivity index (χ3n) is 3.14. The molecule has 0 saturated heterocycles. The fourth-order valence-electron chi connectivity index (χ4n) is 2.07. The van der Waals surface area contributed by atoms with Gasteiger partial charge in [0.15, 0.2) is 0 Å². The molecule has 0 bridgehead atoms. The van der Waals surface area contributed by atoms with Crippen LogP contribution in [-0.4, -0.2) is 9.78 Å². The van der Waals surface area contributed by atoms with Crippen LogP contribution in [0.5, 0.6) is 0 Å². The van der Waals surface area contributed by atoms with Crippen molar-refractivity contribution >= 4 is 54.8 Å². The van der Waals surface area contributed by atoms with Crippen molar-refractivity contribution < 1.29 is 0 Å². The van der Waals surface area contributed by atoms with Crippen molar-refractivity contribution in [2.45, 2.75) is 39.3 Å². The largest absolute Gasteiger partial charge is 0.323 e. The number of aryl methyl sites for hydroxylation is 2. The van der Waals surface area contributed by atoms with Crippen LogP contribution in [0.2, 0.25) is 5.02 Å². The molecule has 2 aromatic rings. The normalized spacial score (nSPS) is 12.9. The summed E-state index contributed by atoms with van der Waals surface area (Å²) in [6.45, 7) is 4.93. The fourth-order valence-corrected chi connectivity index (χ4v) is 4.50. The summed E-state index contributed by atoms with van der Waals surface area (Å²) >= 11 is 15.1. The van der Waals surface area contributed by atoms with Gasteiger partial charge in [0.05, 0.1) is 20.2 Å². The molecule has 3 nitrogen and oxygen atoms in total. The molecule has 0 amide bonds. The van der Waals surface area contributed by atoms with Gasteiger partial charge in [0.2, 0.25) is 0 Å². The molecular weight excluding hydrogens is 425 g/mol. The predicted octanol–water partition coefficient (Wildman–Crippen LogP) is 4.95.